The standard InChI is InChI=1S/C21H25N5/c1-2-9-23-21(5-1)24-12-8-19-15-25(14-18-6-10-22-11-7-18)17-20-4-3-13-26(20)16-19/h1-7,9-11,13,19H,8,12,14-17H2,(H,23,24). The van der Waals surface area contributed by atoms with Crippen molar-refractivity contribution >= 4 is 5.82 Å². The monoisotopic (exact) mass is 347 g/mol. The number of rotatable bonds is 6. The number of anilines is 1. The first-order valence-electron chi connectivity index (χ1n) is 9.27. The molecular formula is C21H25N5. The third-order valence-electron chi connectivity index (χ3n) is 4.96. The molecule has 1 aliphatic rings. The summed E-state index contributed by atoms with van der Waals surface area (Å²) in [6.07, 6.45) is 8.93. The third-order valence-corrected chi connectivity index (χ3v) is 4.96. The molecule has 0 spiro atoms. The molecule has 5 heteroatoms. The van der Waals surface area contributed by atoms with E-state index in [1.807, 2.05) is 36.8 Å². The Morgan fingerprint density at radius 3 is 2.77 bits per heavy atom. The molecule has 0 amide bonds. The molecule has 134 valence electrons. The fourth-order valence-electron chi connectivity index (χ4n) is 3.69. The number of nitrogens with zero attached hydrogens (tertiary/aromatic N) is 4. The van der Waals surface area contributed by atoms with Crippen LogP contribution in [-0.4, -0.2) is 32.5 Å². The Labute approximate surface area is 154 Å². The van der Waals surface area contributed by atoms with Gasteiger partial charge in [-0.2, -0.15) is 0 Å². The molecule has 1 N–H and O–H groups in total. The summed E-state index contributed by atoms with van der Waals surface area (Å²) in [4.78, 5) is 11.0. The Kier molecular flexibility index (Phi) is 5.26. The molecule has 0 bridgehead atoms. The quantitative estimate of drug-likeness (QED) is 0.742. The maximum Gasteiger partial charge on any atom is 0.125 e. The molecule has 1 aliphatic heterocycles. The maximum absolute atomic E-state index is 4.35. The smallest absolute Gasteiger partial charge is 0.125 e. The summed E-state index contributed by atoms with van der Waals surface area (Å²) in [5.41, 5.74) is 2.73. The first-order chi connectivity index (χ1) is 12.9. The summed E-state index contributed by atoms with van der Waals surface area (Å²) in [5, 5.41) is 3.45. The van der Waals surface area contributed by atoms with Gasteiger partial charge in [-0.1, -0.05) is 6.07 Å². The van der Waals surface area contributed by atoms with Crippen LogP contribution in [0.15, 0.2) is 67.3 Å². The number of nitrogens with one attached hydrogen (secondary N) is 1. The molecule has 4 rings (SSSR count). The Bertz CT molecular complexity index is 800. The number of aromatic nitrogens is 3. The van der Waals surface area contributed by atoms with E-state index in [1.54, 1.807) is 0 Å². The van der Waals surface area contributed by atoms with Crippen molar-refractivity contribution in [2.45, 2.75) is 26.1 Å². The molecule has 26 heavy (non-hydrogen) atoms. The molecule has 4 heterocycles. The van der Waals surface area contributed by atoms with Crippen LogP contribution in [0, 0.1) is 5.92 Å². The second kappa shape index (κ2) is 8.15. The molecule has 1 atom stereocenters. The van der Waals surface area contributed by atoms with Crippen molar-refractivity contribution in [2.24, 2.45) is 5.92 Å². The average molecular weight is 347 g/mol. The number of pyridine rings is 2. The fourth-order valence-corrected chi connectivity index (χ4v) is 3.69. The Morgan fingerprint density at radius 2 is 1.92 bits per heavy atom. The zero-order chi connectivity index (χ0) is 17.6. The van der Waals surface area contributed by atoms with Crippen molar-refractivity contribution in [1.29, 1.82) is 0 Å². The van der Waals surface area contributed by atoms with E-state index in [-0.39, 0.29) is 0 Å². The van der Waals surface area contributed by atoms with Gasteiger partial charge < -0.3 is 9.88 Å². The van der Waals surface area contributed by atoms with Crippen LogP contribution in [-0.2, 0) is 19.6 Å². The second-order valence-corrected chi connectivity index (χ2v) is 6.97. The predicted octanol–water partition coefficient (Wildman–Crippen LogP) is 3.41. The molecule has 0 saturated carbocycles. The van der Waals surface area contributed by atoms with Crippen molar-refractivity contribution in [3.8, 4) is 0 Å². The summed E-state index contributed by atoms with van der Waals surface area (Å²) in [5.74, 6) is 1.57. The van der Waals surface area contributed by atoms with Gasteiger partial charge in [-0.25, -0.2) is 4.98 Å². The van der Waals surface area contributed by atoms with E-state index in [2.05, 4.69) is 55.2 Å². The molecule has 0 aliphatic carbocycles. The van der Waals surface area contributed by atoms with Gasteiger partial charge in [0.05, 0.1) is 0 Å². The Balaban J connectivity index is 1.40. The highest BCUT2D eigenvalue weighted by Gasteiger charge is 2.21. The SMILES string of the molecule is c1ccc(NCCC2CN(Cc3ccncc3)Cc3cccn3C2)nc1. The van der Waals surface area contributed by atoms with Crippen molar-refractivity contribution in [3.63, 3.8) is 0 Å². The van der Waals surface area contributed by atoms with Crippen molar-refractivity contribution < 1.29 is 0 Å². The fraction of sp³-hybridized carbons (Fsp3) is 0.333. The minimum Gasteiger partial charge on any atom is -0.370 e. The van der Waals surface area contributed by atoms with Gasteiger partial charge in [0.1, 0.15) is 5.82 Å². The van der Waals surface area contributed by atoms with E-state index < -0.39 is 0 Å². The molecule has 1 unspecified atom stereocenters. The molecule has 3 aromatic rings. The number of hydrogen-bond donors (Lipinski definition) is 1. The minimum absolute atomic E-state index is 0.613. The Morgan fingerprint density at radius 1 is 1.00 bits per heavy atom. The lowest BCUT2D eigenvalue weighted by atomic mass is 10.0. The van der Waals surface area contributed by atoms with Crippen LogP contribution in [0.1, 0.15) is 17.7 Å². The van der Waals surface area contributed by atoms with Gasteiger partial charge in [0.25, 0.3) is 0 Å². The number of hydrogen-bond acceptors (Lipinski definition) is 4. The molecule has 3 aromatic heterocycles. The average Bonchev–Trinajstić information content (AvgIpc) is 3.03. The van der Waals surface area contributed by atoms with Crippen LogP contribution in [0.4, 0.5) is 5.82 Å². The predicted molar refractivity (Wildman–Crippen MR) is 104 cm³/mol. The third kappa shape index (κ3) is 4.29. The number of fused-ring (bicyclic) bond motifs is 1. The lowest BCUT2D eigenvalue weighted by Crippen LogP contribution is -2.28. The molecule has 5 nitrogen and oxygen atoms in total. The normalized spacial score (nSPS) is 17.5. The largest absolute Gasteiger partial charge is 0.370 e. The summed E-state index contributed by atoms with van der Waals surface area (Å²) in [6.45, 7) is 5.10. The summed E-state index contributed by atoms with van der Waals surface area (Å²) >= 11 is 0. The van der Waals surface area contributed by atoms with Crippen LogP contribution >= 0.6 is 0 Å². The lowest BCUT2D eigenvalue weighted by Gasteiger charge is -2.24. The van der Waals surface area contributed by atoms with Crippen LogP contribution in [0.5, 0.6) is 0 Å². The van der Waals surface area contributed by atoms with E-state index in [9.17, 15) is 0 Å². The molecule has 0 aromatic carbocycles. The highest BCUT2D eigenvalue weighted by atomic mass is 15.2. The van der Waals surface area contributed by atoms with Crippen LogP contribution in [0.2, 0.25) is 0 Å². The van der Waals surface area contributed by atoms with E-state index in [0.29, 0.717) is 5.92 Å². The van der Waals surface area contributed by atoms with Gasteiger partial charge in [0.2, 0.25) is 0 Å². The summed E-state index contributed by atoms with van der Waals surface area (Å²) in [7, 11) is 0. The molecule has 0 fully saturated rings. The molecular weight excluding hydrogens is 322 g/mol. The summed E-state index contributed by atoms with van der Waals surface area (Å²) in [6, 6.07) is 14.6. The van der Waals surface area contributed by atoms with Gasteiger partial charge in [-0.3, -0.25) is 9.88 Å². The zero-order valence-corrected chi connectivity index (χ0v) is 15.0. The topological polar surface area (TPSA) is 46.0 Å². The minimum atomic E-state index is 0.613. The zero-order valence-electron chi connectivity index (χ0n) is 15.0. The lowest BCUT2D eigenvalue weighted by molar-refractivity contribution is 0.217. The van der Waals surface area contributed by atoms with Gasteiger partial charge in [0.15, 0.2) is 0 Å². The second-order valence-electron chi connectivity index (χ2n) is 6.97. The van der Waals surface area contributed by atoms with E-state index in [1.165, 1.54) is 11.3 Å². The first kappa shape index (κ1) is 16.8. The van der Waals surface area contributed by atoms with Gasteiger partial charge >= 0.3 is 0 Å². The van der Waals surface area contributed by atoms with E-state index in [0.717, 1.165) is 45.0 Å². The van der Waals surface area contributed by atoms with Crippen LogP contribution < -0.4 is 5.32 Å². The van der Waals surface area contributed by atoms with Crippen LogP contribution in [0.25, 0.3) is 0 Å². The van der Waals surface area contributed by atoms with Gasteiger partial charge in [0, 0.05) is 63.2 Å². The highest BCUT2D eigenvalue weighted by Crippen LogP contribution is 2.21. The van der Waals surface area contributed by atoms with Crippen molar-refractivity contribution in [1.82, 2.24) is 19.4 Å². The van der Waals surface area contributed by atoms with Gasteiger partial charge in [-0.05, 0) is 54.3 Å². The Hall–Kier alpha value is -2.66. The van der Waals surface area contributed by atoms with Crippen LogP contribution in [0.3, 0.4) is 0 Å². The molecule has 0 radical (unpaired) electrons. The maximum atomic E-state index is 4.35. The first-order valence-corrected chi connectivity index (χ1v) is 9.27. The highest BCUT2D eigenvalue weighted by molar-refractivity contribution is 5.32. The molecule has 0 saturated heterocycles. The van der Waals surface area contributed by atoms with E-state index in [4.69, 9.17) is 0 Å². The van der Waals surface area contributed by atoms with Crippen molar-refractivity contribution in [2.75, 3.05) is 18.4 Å². The van der Waals surface area contributed by atoms with Crippen molar-refractivity contribution in [3.05, 3.63) is 78.5 Å². The van der Waals surface area contributed by atoms with Gasteiger partial charge in [-0.15, -0.1) is 0 Å². The summed E-state index contributed by atoms with van der Waals surface area (Å²) < 4.78 is 2.41. The van der Waals surface area contributed by atoms with E-state index >= 15 is 0 Å².